The summed E-state index contributed by atoms with van der Waals surface area (Å²) in [5.74, 6) is -1.57. The number of aromatic nitrogens is 3. The first-order chi connectivity index (χ1) is 25.9. The molecule has 8 rings (SSSR count). The molecule has 6 heterocycles. The second-order valence-corrected chi connectivity index (χ2v) is 15.0. The molecule has 1 unspecified atom stereocenters. The lowest BCUT2D eigenvalue weighted by Gasteiger charge is -2.39. The van der Waals surface area contributed by atoms with Crippen molar-refractivity contribution in [3.63, 3.8) is 0 Å². The Morgan fingerprint density at radius 1 is 1.11 bits per heavy atom. The van der Waals surface area contributed by atoms with E-state index in [1.54, 1.807) is 21.0 Å². The number of fused-ring (bicyclic) bond motifs is 3. The molecule has 2 aromatic carbocycles. The van der Waals surface area contributed by atoms with Crippen molar-refractivity contribution in [2.24, 2.45) is 0 Å². The van der Waals surface area contributed by atoms with Gasteiger partial charge >= 0.3 is 18.1 Å². The fraction of sp³-hybridized carbons (Fsp3) is 0.474. The van der Waals surface area contributed by atoms with Crippen LogP contribution in [-0.2, 0) is 16.0 Å². The largest absolute Gasteiger partial charge is 0.508 e. The van der Waals surface area contributed by atoms with E-state index in [0.29, 0.717) is 42.1 Å². The Morgan fingerprint density at radius 3 is 2.69 bits per heavy atom. The van der Waals surface area contributed by atoms with Gasteiger partial charge in [0.2, 0.25) is 0 Å². The highest BCUT2D eigenvalue weighted by Crippen LogP contribution is 2.44. The Hall–Kier alpha value is -5.38. The summed E-state index contributed by atoms with van der Waals surface area (Å²) in [6, 6.07) is 5.08. The van der Waals surface area contributed by atoms with E-state index in [2.05, 4.69) is 25.5 Å². The Labute approximate surface area is 309 Å². The molecule has 2 aromatic heterocycles. The van der Waals surface area contributed by atoms with Crippen molar-refractivity contribution >= 4 is 45.5 Å². The van der Waals surface area contributed by atoms with Gasteiger partial charge in [-0.2, -0.15) is 9.97 Å². The molecule has 4 aliphatic heterocycles. The minimum atomic E-state index is -1.20. The molecule has 4 saturated heterocycles. The average molecular weight is 745 g/mol. The molecule has 1 spiro atoms. The highest BCUT2D eigenvalue weighted by molar-refractivity contribution is 6.08. The predicted molar refractivity (Wildman–Crippen MR) is 194 cm³/mol. The van der Waals surface area contributed by atoms with Gasteiger partial charge in [0.05, 0.1) is 17.5 Å². The smallest absolute Gasteiger partial charge is 0.409 e. The van der Waals surface area contributed by atoms with Crippen LogP contribution in [0.5, 0.6) is 11.8 Å². The first-order valence-corrected chi connectivity index (χ1v) is 18.3. The molecule has 4 fully saturated rings. The lowest BCUT2D eigenvalue weighted by molar-refractivity contribution is -0.124. The van der Waals surface area contributed by atoms with Crippen molar-refractivity contribution in [3.05, 3.63) is 47.7 Å². The van der Waals surface area contributed by atoms with Crippen molar-refractivity contribution in [1.29, 1.82) is 0 Å². The number of pyridine rings is 1. The molecule has 3 atom stereocenters. The molecule has 0 radical (unpaired) electrons. The number of rotatable bonds is 8. The van der Waals surface area contributed by atoms with E-state index in [9.17, 15) is 19.5 Å². The fourth-order valence-corrected chi connectivity index (χ4v) is 8.88. The standard InChI is InChI=1S/C38H42F2N8O6/c1-4-24-27(39)8-7-21-15-23(49)16-25(28(21)24)30-29(40)31-26(17-41-30)32(47-13-6-11-38(19-47)33(50)44-34(51)45-38)43-35(42-31)54-20-37-10-5-14-48(37)22(9-12-37)18-53-36(52)46(2)3/h7-8,15-17,22,49H,4-6,9-14,18-20H2,1-3H3,(H2,44,45,50,51)/t22-,37+,38?/m0/s1. The Kier molecular flexibility index (Phi) is 8.90. The number of nitrogens with zero attached hydrogens (tertiary/aromatic N) is 6. The molecule has 14 nitrogen and oxygen atoms in total. The maximum atomic E-state index is 17.1. The van der Waals surface area contributed by atoms with Crippen LogP contribution in [0.4, 0.5) is 24.2 Å². The van der Waals surface area contributed by atoms with Crippen molar-refractivity contribution < 1.29 is 37.7 Å². The predicted octanol–water partition coefficient (Wildman–Crippen LogP) is 4.64. The third-order valence-corrected chi connectivity index (χ3v) is 11.5. The maximum absolute atomic E-state index is 17.1. The number of carbonyl (C=O) groups excluding carboxylic acids is 3. The first kappa shape index (κ1) is 35.6. The van der Waals surface area contributed by atoms with E-state index in [-0.39, 0.29) is 71.1 Å². The van der Waals surface area contributed by atoms with Gasteiger partial charge in [-0.25, -0.2) is 18.4 Å². The van der Waals surface area contributed by atoms with E-state index in [1.807, 2.05) is 4.90 Å². The zero-order chi connectivity index (χ0) is 37.9. The zero-order valence-electron chi connectivity index (χ0n) is 30.4. The third kappa shape index (κ3) is 5.96. The van der Waals surface area contributed by atoms with Gasteiger partial charge in [-0.3, -0.25) is 20.0 Å². The van der Waals surface area contributed by atoms with Crippen LogP contribution in [0.15, 0.2) is 30.5 Å². The fourth-order valence-electron chi connectivity index (χ4n) is 8.88. The molecular weight excluding hydrogens is 702 g/mol. The number of carbonyl (C=O) groups is 3. The van der Waals surface area contributed by atoms with Gasteiger partial charge < -0.3 is 29.7 Å². The number of phenols is 1. The van der Waals surface area contributed by atoms with E-state index in [0.717, 1.165) is 32.2 Å². The van der Waals surface area contributed by atoms with E-state index in [4.69, 9.17) is 14.5 Å². The van der Waals surface area contributed by atoms with Crippen molar-refractivity contribution in [3.8, 4) is 23.0 Å². The number of hydrogen-bond acceptors (Lipinski definition) is 11. The number of aryl methyl sites for hydroxylation is 1. The van der Waals surface area contributed by atoms with Crippen LogP contribution in [-0.4, -0.2) is 112 Å². The first-order valence-electron chi connectivity index (χ1n) is 18.3. The number of ether oxygens (including phenoxy) is 2. The van der Waals surface area contributed by atoms with Crippen LogP contribution in [0, 0.1) is 11.6 Å². The number of hydrogen-bond donors (Lipinski definition) is 3. The molecule has 4 aromatic rings. The quantitative estimate of drug-likeness (QED) is 0.216. The average Bonchev–Trinajstić information content (AvgIpc) is 3.80. The van der Waals surface area contributed by atoms with Crippen LogP contribution in [0.3, 0.4) is 0 Å². The number of benzene rings is 2. The second kappa shape index (κ2) is 13.5. The van der Waals surface area contributed by atoms with Gasteiger partial charge in [-0.15, -0.1) is 0 Å². The number of urea groups is 1. The van der Waals surface area contributed by atoms with Gasteiger partial charge in [0.1, 0.15) is 47.3 Å². The summed E-state index contributed by atoms with van der Waals surface area (Å²) in [5, 5.41) is 17.0. The summed E-state index contributed by atoms with van der Waals surface area (Å²) in [6.07, 6.45) is 5.67. The van der Waals surface area contributed by atoms with Crippen LogP contribution in [0.2, 0.25) is 0 Å². The van der Waals surface area contributed by atoms with Gasteiger partial charge in [0.15, 0.2) is 5.82 Å². The van der Waals surface area contributed by atoms with Crippen LogP contribution in [0.1, 0.15) is 51.0 Å². The Bertz CT molecular complexity index is 2200. The number of halogens is 2. The monoisotopic (exact) mass is 744 g/mol. The highest BCUT2D eigenvalue weighted by atomic mass is 19.1. The van der Waals surface area contributed by atoms with Gasteiger partial charge in [-0.05, 0) is 86.0 Å². The summed E-state index contributed by atoms with van der Waals surface area (Å²) >= 11 is 0. The van der Waals surface area contributed by atoms with Gasteiger partial charge in [-0.1, -0.05) is 13.0 Å². The summed E-state index contributed by atoms with van der Waals surface area (Å²) < 4.78 is 44.2. The minimum Gasteiger partial charge on any atom is -0.508 e. The second-order valence-electron chi connectivity index (χ2n) is 15.0. The molecular formula is C38H42F2N8O6. The van der Waals surface area contributed by atoms with Crippen molar-refractivity contribution in [2.75, 3.05) is 51.8 Å². The van der Waals surface area contributed by atoms with E-state index >= 15 is 8.78 Å². The number of phenolic OH excluding ortho intramolecular Hbond substituents is 1. The van der Waals surface area contributed by atoms with Crippen LogP contribution < -0.4 is 20.3 Å². The van der Waals surface area contributed by atoms with E-state index < -0.39 is 35.2 Å². The van der Waals surface area contributed by atoms with Crippen LogP contribution in [0.25, 0.3) is 32.9 Å². The number of amides is 4. The number of imide groups is 1. The van der Waals surface area contributed by atoms with Gasteiger partial charge in [0.25, 0.3) is 5.91 Å². The van der Waals surface area contributed by atoms with Crippen molar-refractivity contribution in [2.45, 2.75) is 69.0 Å². The molecule has 4 aliphatic rings. The Balaban J connectivity index is 1.20. The summed E-state index contributed by atoms with van der Waals surface area (Å²) in [6.45, 7) is 3.58. The number of aromatic hydroxyl groups is 1. The molecule has 4 amide bonds. The topological polar surface area (TPSA) is 162 Å². The molecule has 3 N–H and O–H groups in total. The summed E-state index contributed by atoms with van der Waals surface area (Å²) in [5.41, 5.74) is -1.23. The van der Waals surface area contributed by atoms with Gasteiger partial charge in [0, 0.05) is 38.4 Å². The minimum absolute atomic E-state index is 0.0198. The Morgan fingerprint density at radius 2 is 1.93 bits per heavy atom. The molecule has 284 valence electrons. The molecule has 16 heteroatoms. The third-order valence-electron chi connectivity index (χ3n) is 11.5. The lowest BCUT2D eigenvalue weighted by atomic mass is 9.89. The number of anilines is 1. The number of nitrogens with one attached hydrogen (secondary N) is 2. The normalized spacial score (nSPS) is 23.9. The molecule has 54 heavy (non-hydrogen) atoms. The number of piperidine rings is 1. The molecule has 0 aliphatic carbocycles. The van der Waals surface area contributed by atoms with Crippen LogP contribution >= 0.6 is 0 Å². The lowest BCUT2D eigenvalue weighted by Crippen LogP contribution is -2.58. The highest BCUT2D eigenvalue weighted by Gasteiger charge is 2.51. The summed E-state index contributed by atoms with van der Waals surface area (Å²) in [4.78, 5) is 56.9. The molecule has 0 saturated carbocycles. The zero-order valence-corrected chi connectivity index (χ0v) is 30.4. The summed E-state index contributed by atoms with van der Waals surface area (Å²) in [7, 11) is 3.28. The van der Waals surface area contributed by atoms with Crippen molar-refractivity contribution in [1.82, 2.24) is 35.4 Å². The SMILES string of the molecule is CCc1c(F)ccc2cc(O)cc(-c3ncc4c(N5CCCC6(C5)NC(=O)NC6=O)nc(OC[C@]56CCCN5[C@H](COC(=O)N(C)C)CC6)nc4c3F)c12. The van der Waals surface area contributed by atoms with E-state index in [1.165, 1.54) is 35.4 Å². The molecule has 0 bridgehead atoms. The maximum Gasteiger partial charge on any atom is 0.409 e.